The Morgan fingerprint density at radius 1 is 0.909 bits per heavy atom. The van der Waals surface area contributed by atoms with Crippen LogP contribution < -0.4 is 11.5 Å². The fourth-order valence-corrected chi connectivity index (χ4v) is 2.79. The Labute approximate surface area is 129 Å². The van der Waals surface area contributed by atoms with Gasteiger partial charge in [-0.3, -0.25) is 0 Å². The Bertz CT molecular complexity index is 858. The fraction of sp³-hybridized carbons (Fsp3) is 0.200. The zero-order valence-corrected chi connectivity index (χ0v) is 13.5. The van der Waals surface area contributed by atoms with Gasteiger partial charge in [-0.15, -0.1) is 5.11 Å². The third kappa shape index (κ3) is 3.43. The van der Waals surface area contributed by atoms with Gasteiger partial charge >= 0.3 is 0 Å². The summed E-state index contributed by atoms with van der Waals surface area (Å²) < 4.78 is 23.6. The first-order valence-electron chi connectivity index (χ1n) is 6.56. The first-order valence-corrected chi connectivity index (χ1v) is 8.45. The van der Waals surface area contributed by atoms with Crippen molar-refractivity contribution in [3.8, 4) is 0 Å². The molecule has 0 atom stereocenters. The first kappa shape index (κ1) is 16.0. The van der Waals surface area contributed by atoms with Crippen molar-refractivity contribution in [2.75, 3.05) is 17.7 Å². The van der Waals surface area contributed by atoms with Gasteiger partial charge < -0.3 is 11.5 Å². The highest BCUT2D eigenvalue weighted by atomic mass is 32.2. The molecule has 2 aromatic carbocycles. The van der Waals surface area contributed by atoms with Crippen molar-refractivity contribution in [2.24, 2.45) is 10.2 Å². The average molecular weight is 318 g/mol. The van der Waals surface area contributed by atoms with E-state index in [2.05, 4.69) is 10.2 Å². The number of hydrogen-bond acceptors (Lipinski definition) is 6. The molecule has 4 N–H and O–H groups in total. The Morgan fingerprint density at radius 3 is 2.18 bits per heavy atom. The van der Waals surface area contributed by atoms with Crippen LogP contribution in [0.1, 0.15) is 11.1 Å². The molecule has 0 radical (unpaired) electrons. The number of benzene rings is 2. The molecule has 2 rings (SSSR count). The Hall–Kier alpha value is -2.41. The number of sulfone groups is 1. The van der Waals surface area contributed by atoms with Gasteiger partial charge in [0, 0.05) is 17.6 Å². The third-order valence-corrected chi connectivity index (χ3v) is 4.36. The smallest absolute Gasteiger partial charge is 0.177 e. The fourth-order valence-electron chi connectivity index (χ4n) is 1.95. The highest BCUT2D eigenvalue weighted by molar-refractivity contribution is 7.90. The standard InChI is InChI=1S/C15H18N4O2S/c1-9-7-14(10(2)6-12(9)17)19-18-13-5-4-11(16)8-15(13)22(3,20)21/h4-8H,16-17H2,1-3H3/b19-18+. The average Bonchev–Trinajstić information content (AvgIpc) is 2.41. The van der Waals surface area contributed by atoms with Crippen molar-refractivity contribution >= 4 is 32.6 Å². The molecule has 0 bridgehead atoms. The van der Waals surface area contributed by atoms with Crippen LogP contribution in [0.3, 0.4) is 0 Å². The van der Waals surface area contributed by atoms with Crippen molar-refractivity contribution < 1.29 is 8.42 Å². The molecule has 6 nitrogen and oxygen atoms in total. The number of azo groups is 1. The summed E-state index contributed by atoms with van der Waals surface area (Å²) in [6.45, 7) is 3.74. The quantitative estimate of drug-likeness (QED) is 0.668. The number of nitrogens with zero attached hydrogens (tertiary/aromatic N) is 2. The lowest BCUT2D eigenvalue weighted by Gasteiger charge is -2.06. The van der Waals surface area contributed by atoms with Crippen LogP contribution in [0.5, 0.6) is 0 Å². The molecule has 0 spiro atoms. The summed E-state index contributed by atoms with van der Waals surface area (Å²) in [5, 5.41) is 8.21. The maximum atomic E-state index is 11.8. The lowest BCUT2D eigenvalue weighted by Crippen LogP contribution is -1.98. The number of nitrogens with two attached hydrogens (primary N) is 2. The molecule has 7 heteroatoms. The van der Waals surface area contributed by atoms with E-state index in [0.29, 0.717) is 17.1 Å². The maximum Gasteiger partial charge on any atom is 0.177 e. The molecule has 0 aliphatic heterocycles. The van der Waals surface area contributed by atoms with E-state index in [1.54, 1.807) is 6.07 Å². The number of aryl methyl sites for hydroxylation is 2. The minimum absolute atomic E-state index is 0.0565. The van der Waals surface area contributed by atoms with E-state index in [1.807, 2.05) is 26.0 Å². The molecular weight excluding hydrogens is 300 g/mol. The van der Waals surface area contributed by atoms with Crippen LogP contribution in [0.15, 0.2) is 45.5 Å². The van der Waals surface area contributed by atoms with Gasteiger partial charge in [-0.05, 0) is 55.3 Å². The molecule has 0 saturated heterocycles. The van der Waals surface area contributed by atoms with Crippen LogP contribution in [0.4, 0.5) is 22.7 Å². The Morgan fingerprint density at radius 2 is 1.55 bits per heavy atom. The third-order valence-electron chi connectivity index (χ3n) is 3.23. The number of hydrogen-bond donors (Lipinski definition) is 2. The molecule has 0 saturated carbocycles. The molecule has 0 amide bonds. The second-order valence-corrected chi connectivity index (χ2v) is 7.18. The summed E-state index contributed by atoms with van der Waals surface area (Å²) in [5.74, 6) is 0. The molecule has 2 aromatic rings. The zero-order chi connectivity index (χ0) is 16.5. The molecule has 0 fully saturated rings. The second kappa shape index (κ2) is 5.76. The summed E-state index contributed by atoms with van der Waals surface area (Å²) in [4.78, 5) is 0.0565. The highest BCUT2D eigenvalue weighted by Gasteiger charge is 2.13. The van der Waals surface area contributed by atoms with Crippen LogP contribution in [0, 0.1) is 13.8 Å². The number of anilines is 2. The van der Waals surface area contributed by atoms with Gasteiger partial charge in [0.2, 0.25) is 0 Å². The van der Waals surface area contributed by atoms with Gasteiger partial charge in [0.05, 0.1) is 10.6 Å². The molecular formula is C15H18N4O2S. The van der Waals surface area contributed by atoms with Crippen LogP contribution >= 0.6 is 0 Å². The predicted molar refractivity (Wildman–Crippen MR) is 88.5 cm³/mol. The SMILES string of the molecule is Cc1cc(/N=N/c2ccc(N)cc2S(C)(=O)=O)c(C)cc1N. The highest BCUT2D eigenvalue weighted by Crippen LogP contribution is 2.30. The second-order valence-electron chi connectivity index (χ2n) is 5.19. The Balaban J connectivity index is 2.50. The summed E-state index contributed by atoms with van der Waals surface area (Å²) in [6, 6.07) is 8.12. The van der Waals surface area contributed by atoms with Crippen molar-refractivity contribution in [1.82, 2.24) is 0 Å². The molecule has 0 heterocycles. The van der Waals surface area contributed by atoms with Gasteiger partial charge in [-0.1, -0.05) is 0 Å². The predicted octanol–water partition coefficient (Wildman–Crippen LogP) is 3.29. The van der Waals surface area contributed by atoms with Gasteiger partial charge in [0.1, 0.15) is 5.69 Å². The lowest BCUT2D eigenvalue weighted by molar-refractivity contribution is 0.602. The maximum absolute atomic E-state index is 11.8. The normalized spacial score (nSPS) is 12.0. The number of nitrogen functional groups attached to an aromatic ring is 2. The molecule has 0 unspecified atom stereocenters. The van der Waals surface area contributed by atoms with E-state index >= 15 is 0 Å². The van der Waals surface area contributed by atoms with E-state index in [0.717, 1.165) is 17.4 Å². The molecule has 0 aliphatic rings. The van der Waals surface area contributed by atoms with E-state index in [1.165, 1.54) is 12.1 Å². The van der Waals surface area contributed by atoms with Crippen molar-refractivity contribution in [2.45, 2.75) is 18.7 Å². The topological polar surface area (TPSA) is 111 Å². The van der Waals surface area contributed by atoms with Crippen molar-refractivity contribution in [3.05, 3.63) is 41.5 Å². The summed E-state index contributed by atoms with van der Waals surface area (Å²) in [6.07, 6.45) is 1.11. The van der Waals surface area contributed by atoms with Gasteiger partial charge in [0.25, 0.3) is 0 Å². The molecule has 22 heavy (non-hydrogen) atoms. The van der Waals surface area contributed by atoms with Crippen LogP contribution in [0.2, 0.25) is 0 Å². The summed E-state index contributed by atoms with van der Waals surface area (Å²) in [7, 11) is -3.44. The van der Waals surface area contributed by atoms with E-state index in [-0.39, 0.29) is 10.6 Å². The van der Waals surface area contributed by atoms with E-state index < -0.39 is 9.84 Å². The lowest BCUT2D eigenvalue weighted by atomic mass is 10.1. The molecule has 0 aliphatic carbocycles. The summed E-state index contributed by atoms with van der Waals surface area (Å²) >= 11 is 0. The van der Waals surface area contributed by atoms with E-state index in [4.69, 9.17) is 11.5 Å². The van der Waals surface area contributed by atoms with E-state index in [9.17, 15) is 8.42 Å². The number of rotatable bonds is 3. The van der Waals surface area contributed by atoms with Crippen LogP contribution in [0.25, 0.3) is 0 Å². The van der Waals surface area contributed by atoms with Crippen LogP contribution in [-0.2, 0) is 9.84 Å². The Kier molecular flexibility index (Phi) is 4.18. The minimum atomic E-state index is -3.44. The van der Waals surface area contributed by atoms with Gasteiger partial charge in [-0.2, -0.15) is 5.11 Å². The van der Waals surface area contributed by atoms with Crippen molar-refractivity contribution in [3.63, 3.8) is 0 Å². The molecule has 0 aromatic heterocycles. The minimum Gasteiger partial charge on any atom is -0.399 e. The zero-order valence-electron chi connectivity index (χ0n) is 12.7. The first-order chi connectivity index (χ1) is 10.2. The van der Waals surface area contributed by atoms with Gasteiger partial charge in [0.15, 0.2) is 9.84 Å². The molecule has 116 valence electrons. The monoisotopic (exact) mass is 318 g/mol. The largest absolute Gasteiger partial charge is 0.399 e. The van der Waals surface area contributed by atoms with Crippen molar-refractivity contribution in [1.29, 1.82) is 0 Å². The van der Waals surface area contributed by atoms with Gasteiger partial charge in [-0.25, -0.2) is 8.42 Å². The summed E-state index contributed by atoms with van der Waals surface area (Å²) in [5.41, 5.74) is 15.2. The van der Waals surface area contributed by atoms with Crippen LogP contribution in [-0.4, -0.2) is 14.7 Å².